The van der Waals surface area contributed by atoms with Crippen LogP contribution in [0.15, 0.2) is 24.4 Å². The quantitative estimate of drug-likeness (QED) is 0.907. The van der Waals surface area contributed by atoms with Crippen molar-refractivity contribution < 1.29 is 4.79 Å². The molecule has 0 atom stereocenters. The predicted molar refractivity (Wildman–Crippen MR) is 87.4 cm³/mol. The summed E-state index contributed by atoms with van der Waals surface area (Å²) in [7, 11) is 0. The third kappa shape index (κ3) is 4.21. The second-order valence-corrected chi connectivity index (χ2v) is 6.55. The Labute approximate surface area is 139 Å². The molecule has 2 aromatic rings. The van der Waals surface area contributed by atoms with E-state index in [9.17, 15) is 4.79 Å². The maximum Gasteiger partial charge on any atom is 0.273 e. The molecule has 0 radical (unpaired) electrons. The van der Waals surface area contributed by atoms with Crippen LogP contribution in [-0.2, 0) is 13.0 Å². The number of rotatable bonds is 5. The average Bonchev–Trinajstić information content (AvgIpc) is 2.90. The summed E-state index contributed by atoms with van der Waals surface area (Å²) in [6.07, 6.45) is 2.21. The van der Waals surface area contributed by atoms with E-state index < -0.39 is 5.54 Å². The molecule has 22 heavy (non-hydrogen) atoms. The number of halogens is 2. The third-order valence-corrected chi connectivity index (χ3v) is 3.78. The maximum atomic E-state index is 12.2. The molecule has 1 heterocycles. The lowest BCUT2D eigenvalue weighted by Gasteiger charge is -2.26. The molecule has 0 unspecified atom stereocenters. The van der Waals surface area contributed by atoms with Crippen LogP contribution in [0.1, 0.15) is 36.8 Å². The van der Waals surface area contributed by atoms with E-state index in [2.05, 4.69) is 15.6 Å². The molecule has 1 amide bonds. The number of benzene rings is 1. The standard InChI is InChI=1S/C15H18Cl2N4O/c1-4-21-9-13(19-20-21)14(22)18-15(2,3)8-10-5-6-11(16)7-12(10)17/h5-7,9H,4,8H2,1-3H3,(H,18,22). The van der Waals surface area contributed by atoms with Gasteiger partial charge in [0.2, 0.25) is 0 Å². The van der Waals surface area contributed by atoms with Crippen molar-refractivity contribution in [1.82, 2.24) is 20.3 Å². The molecule has 0 fully saturated rings. The molecule has 2 rings (SSSR count). The highest BCUT2D eigenvalue weighted by atomic mass is 35.5. The molecule has 1 N–H and O–H groups in total. The molecule has 0 saturated heterocycles. The second kappa shape index (κ2) is 6.67. The molecule has 118 valence electrons. The van der Waals surface area contributed by atoms with Gasteiger partial charge in [0, 0.05) is 22.1 Å². The average molecular weight is 341 g/mol. The summed E-state index contributed by atoms with van der Waals surface area (Å²) in [5.41, 5.74) is 0.746. The van der Waals surface area contributed by atoms with Crippen molar-refractivity contribution in [2.75, 3.05) is 0 Å². The minimum Gasteiger partial charge on any atom is -0.345 e. The third-order valence-electron chi connectivity index (χ3n) is 3.19. The normalized spacial score (nSPS) is 11.5. The van der Waals surface area contributed by atoms with Crippen LogP contribution in [0.5, 0.6) is 0 Å². The van der Waals surface area contributed by atoms with E-state index in [0.29, 0.717) is 28.7 Å². The van der Waals surface area contributed by atoms with E-state index >= 15 is 0 Å². The van der Waals surface area contributed by atoms with Crippen molar-refractivity contribution >= 4 is 29.1 Å². The van der Waals surface area contributed by atoms with E-state index in [-0.39, 0.29) is 5.91 Å². The zero-order valence-electron chi connectivity index (χ0n) is 12.7. The molecule has 0 saturated carbocycles. The number of hydrogen-bond acceptors (Lipinski definition) is 3. The Kier molecular flexibility index (Phi) is 5.08. The first-order valence-corrected chi connectivity index (χ1v) is 7.73. The van der Waals surface area contributed by atoms with Gasteiger partial charge in [0.15, 0.2) is 5.69 Å². The van der Waals surface area contributed by atoms with Gasteiger partial charge in [-0.25, -0.2) is 0 Å². The summed E-state index contributed by atoms with van der Waals surface area (Å²) in [4.78, 5) is 12.2. The van der Waals surface area contributed by atoms with Crippen molar-refractivity contribution in [3.05, 3.63) is 45.7 Å². The first kappa shape index (κ1) is 16.8. The Bertz CT molecular complexity index is 682. The highest BCUT2D eigenvalue weighted by Crippen LogP contribution is 2.24. The topological polar surface area (TPSA) is 59.8 Å². The summed E-state index contributed by atoms with van der Waals surface area (Å²) in [5.74, 6) is -0.255. The summed E-state index contributed by atoms with van der Waals surface area (Å²) < 4.78 is 1.61. The molecule has 0 aliphatic rings. The van der Waals surface area contributed by atoms with Crippen molar-refractivity contribution in [1.29, 1.82) is 0 Å². The van der Waals surface area contributed by atoms with Crippen LogP contribution in [0.2, 0.25) is 10.0 Å². The van der Waals surface area contributed by atoms with Gasteiger partial charge < -0.3 is 5.32 Å². The fraction of sp³-hybridized carbons (Fsp3) is 0.400. The summed E-state index contributed by atoms with van der Waals surface area (Å²) >= 11 is 12.1. The van der Waals surface area contributed by atoms with Gasteiger partial charge in [0.1, 0.15) is 0 Å². The monoisotopic (exact) mass is 340 g/mol. The minimum absolute atomic E-state index is 0.255. The van der Waals surface area contributed by atoms with Crippen molar-refractivity contribution in [2.45, 2.75) is 39.3 Å². The smallest absolute Gasteiger partial charge is 0.273 e. The lowest BCUT2D eigenvalue weighted by Crippen LogP contribution is -2.45. The predicted octanol–water partition coefficient (Wildman–Crippen LogP) is 3.36. The molecule has 0 aliphatic heterocycles. The van der Waals surface area contributed by atoms with Crippen LogP contribution in [0, 0.1) is 0 Å². The number of amides is 1. The van der Waals surface area contributed by atoms with Crippen LogP contribution in [-0.4, -0.2) is 26.4 Å². The zero-order chi connectivity index (χ0) is 16.3. The van der Waals surface area contributed by atoms with Gasteiger partial charge in [-0.2, -0.15) is 0 Å². The van der Waals surface area contributed by atoms with E-state index in [1.54, 1.807) is 23.0 Å². The van der Waals surface area contributed by atoms with Crippen molar-refractivity contribution in [3.63, 3.8) is 0 Å². The van der Waals surface area contributed by atoms with Gasteiger partial charge in [-0.1, -0.05) is 34.5 Å². The zero-order valence-corrected chi connectivity index (χ0v) is 14.2. The first-order valence-electron chi connectivity index (χ1n) is 6.97. The van der Waals surface area contributed by atoms with E-state index in [1.807, 2.05) is 26.8 Å². The highest BCUT2D eigenvalue weighted by molar-refractivity contribution is 6.35. The Balaban J connectivity index is 2.08. The van der Waals surface area contributed by atoms with Gasteiger partial charge in [-0.05, 0) is 44.9 Å². The summed E-state index contributed by atoms with van der Waals surface area (Å²) in [6.45, 7) is 6.47. The van der Waals surface area contributed by atoms with Gasteiger partial charge in [-0.3, -0.25) is 9.48 Å². The summed E-state index contributed by atoms with van der Waals surface area (Å²) in [6, 6.07) is 5.35. The molecule has 5 nitrogen and oxygen atoms in total. The van der Waals surface area contributed by atoms with Crippen LogP contribution in [0.3, 0.4) is 0 Å². The molecule has 0 aliphatic carbocycles. The largest absolute Gasteiger partial charge is 0.345 e. The number of aromatic nitrogens is 3. The molecule has 1 aromatic heterocycles. The van der Waals surface area contributed by atoms with Gasteiger partial charge in [0.25, 0.3) is 5.91 Å². The lowest BCUT2D eigenvalue weighted by molar-refractivity contribution is 0.0907. The lowest BCUT2D eigenvalue weighted by atomic mass is 9.94. The number of nitrogens with zero attached hydrogens (tertiary/aromatic N) is 3. The van der Waals surface area contributed by atoms with Crippen LogP contribution < -0.4 is 5.32 Å². The number of carbonyl (C=O) groups is 1. The fourth-order valence-corrected chi connectivity index (χ4v) is 2.59. The van der Waals surface area contributed by atoms with Crippen molar-refractivity contribution in [3.8, 4) is 0 Å². The Morgan fingerprint density at radius 3 is 2.68 bits per heavy atom. The molecule has 1 aromatic carbocycles. The Morgan fingerprint density at radius 2 is 2.09 bits per heavy atom. The maximum absolute atomic E-state index is 12.2. The highest BCUT2D eigenvalue weighted by Gasteiger charge is 2.24. The fourth-order valence-electron chi connectivity index (χ4n) is 2.11. The Hall–Kier alpha value is -1.59. The van der Waals surface area contributed by atoms with Crippen LogP contribution in [0.25, 0.3) is 0 Å². The van der Waals surface area contributed by atoms with Crippen molar-refractivity contribution in [2.24, 2.45) is 0 Å². The van der Waals surface area contributed by atoms with E-state index in [0.717, 1.165) is 5.56 Å². The molecule has 0 spiro atoms. The van der Waals surface area contributed by atoms with Gasteiger partial charge in [-0.15, -0.1) is 5.10 Å². The molecule has 0 bridgehead atoms. The minimum atomic E-state index is -0.482. The number of aryl methyl sites for hydroxylation is 1. The van der Waals surface area contributed by atoms with Gasteiger partial charge >= 0.3 is 0 Å². The Morgan fingerprint density at radius 1 is 1.36 bits per heavy atom. The van der Waals surface area contributed by atoms with E-state index in [4.69, 9.17) is 23.2 Å². The number of carbonyl (C=O) groups excluding carboxylic acids is 1. The van der Waals surface area contributed by atoms with Crippen LogP contribution in [0.4, 0.5) is 0 Å². The molecule has 7 heteroatoms. The van der Waals surface area contributed by atoms with Crippen LogP contribution >= 0.6 is 23.2 Å². The molecular formula is C15H18Cl2N4O. The van der Waals surface area contributed by atoms with Gasteiger partial charge in [0.05, 0.1) is 6.20 Å². The number of nitrogens with one attached hydrogen (secondary N) is 1. The number of hydrogen-bond donors (Lipinski definition) is 1. The first-order chi connectivity index (χ1) is 10.3. The molecular weight excluding hydrogens is 323 g/mol. The second-order valence-electron chi connectivity index (χ2n) is 5.71. The van der Waals surface area contributed by atoms with E-state index in [1.165, 1.54) is 0 Å². The SMILES string of the molecule is CCn1cc(C(=O)NC(C)(C)Cc2ccc(Cl)cc2Cl)nn1. The summed E-state index contributed by atoms with van der Waals surface area (Å²) in [5, 5.41) is 11.9.